The van der Waals surface area contributed by atoms with Crippen molar-refractivity contribution >= 4 is 11.9 Å². The Morgan fingerprint density at radius 1 is 1.10 bits per heavy atom. The number of carbonyl (C=O) groups is 1. The van der Waals surface area contributed by atoms with Gasteiger partial charge in [-0.1, -0.05) is 18.2 Å². The monoisotopic (exact) mass is 286 g/mol. The number of aromatic hydroxyl groups is 3. The van der Waals surface area contributed by atoms with E-state index in [0.29, 0.717) is 5.75 Å². The molecule has 3 N–H and O–H groups in total. The molecule has 0 atom stereocenters. The summed E-state index contributed by atoms with van der Waals surface area (Å²) in [5, 5.41) is 28.5. The highest BCUT2D eigenvalue weighted by Gasteiger charge is 2.15. The fourth-order valence-electron chi connectivity index (χ4n) is 1.85. The van der Waals surface area contributed by atoms with Crippen molar-refractivity contribution in [2.75, 3.05) is 7.11 Å². The molecule has 5 heteroatoms. The quantitative estimate of drug-likeness (QED) is 0.594. The van der Waals surface area contributed by atoms with Crippen LogP contribution in [0.15, 0.2) is 42.5 Å². The van der Waals surface area contributed by atoms with Gasteiger partial charge in [0.2, 0.25) is 0 Å². The SMILES string of the molecule is COc1cccc(C=CC(=O)c2c(O)cc(O)cc2O)c1. The second-order valence-electron chi connectivity index (χ2n) is 4.33. The minimum atomic E-state index is -0.576. The highest BCUT2D eigenvalue weighted by atomic mass is 16.5. The average molecular weight is 286 g/mol. The maximum absolute atomic E-state index is 12.0. The zero-order valence-corrected chi connectivity index (χ0v) is 11.3. The number of allylic oxidation sites excluding steroid dienone is 1. The summed E-state index contributed by atoms with van der Waals surface area (Å²) in [6.07, 6.45) is 2.76. The van der Waals surface area contributed by atoms with E-state index in [0.717, 1.165) is 17.7 Å². The lowest BCUT2D eigenvalue weighted by Crippen LogP contribution is -1.95. The van der Waals surface area contributed by atoms with Crippen LogP contribution in [0.3, 0.4) is 0 Å². The Hall–Kier alpha value is -2.95. The predicted octanol–water partition coefficient (Wildman–Crippen LogP) is 2.71. The second kappa shape index (κ2) is 6.00. The van der Waals surface area contributed by atoms with Crippen LogP contribution in [0.25, 0.3) is 6.08 Å². The van der Waals surface area contributed by atoms with E-state index in [-0.39, 0.29) is 11.3 Å². The van der Waals surface area contributed by atoms with Gasteiger partial charge < -0.3 is 20.1 Å². The van der Waals surface area contributed by atoms with Gasteiger partial charge in [0.05, 0.1) is 7.11 Å². The topological polar surface area (TPSA) is 87.0 Å². The minimum absolute atomic E-state index is 0.257. The largest absolute Gasteiger partial charge is 0.508 e. The van der Waals surface area contributed by atoms with Crippen LogP contribution in [-0.4, -0.2) is 28.2 Å². The molecule has 0 unspecified atom stereocenters. The molecular weight excluding hydrogens is 272 g/mol. The van der Waals surface area contributed by atoms with Crippen molar-refractivity contribution in [3.8, 4) is 23.0 Å². The number of phenols is 3. The number of phenolic OH excluding ortho intramolecular Hbond substituents is 3. The standard InChI is InChI=1S/C16H14O5/c1-21-12-4-2-3-10(7-12)5-6-13(18)16-14(19)8-11(17)9-15(16)20/h2-9,17,19-20H,1H3. The molecule has 0 aromatic heterocycles. The molecule has 0 bridgehead atoms. The third-order valence-corrected chi connectivity index (χ3v) is 2.85. The van der Waals surface area contributed by atoms with E-state index in [2.05, 4.69) is 0 Å². The normalized spacial score (nSPS) is 10.7. The van der Waals surface area contributed by atoms with E-state index in [1.54, 1.807) is 31.4 Å². The van der Waals surface area contributed by atoms with Crippen LogP contribution in [0.5, 0.6) is 23.0 Å². The molecular formula is C16H14O5. The van der Waals surface area contributed by atoms with Gasteiger partial charge in [-0.25, -0.2) is 0 Å². The number of hydrogen-bond donors (Lipinski definition) is 3. The molecule has 0 saturated carbocycles. The Bertz CT molecular complexity index is 681. The van der Waals surface area contributed by atoms with Crippen molar-refractivity contribution in [3.63, 3.8) is 0 Å². The van der Waals surface area contributed by atoms with E-state index in [4.69, 9.17) is 4.74 Å². The summed E-state index contributed by atoms with van der Waals surface area (Å²) in [4.78, 5) is 12.0. The first-order valence-electron chi connectivity index (χ1n) is 6.12. The molecule has 0 fully saturated rings. The number of benzene rings is 2. The molecule has 108 valence electrons. The van der Waals surface area contributed by atoms with Gasteiger partial charge in [-0.15, -0.1) is 0 Å². The highest BCUT2D eigenvalue weighted by molar-refractivity contribution is 6.10. The van der Waals surface area contributed by atoms with Crippen molar-refractivity contribution in [1.29, 1.82) is 0 Å². The Labute approximate surface area is 121 Å². The Morgan fingerprint density at radius 2 is 1.76 bits per heavy atom. The van der Waals surface area contributed by atoms with Crippen molar-refractivity contribution in [2.45, 2.75) is 0 Å². The lowest BCUT2D eigenvalue weighted by Gasteiger charge is -2.04. The summed E-state index contributed by atoms with van der Waals surface area (Å²) in [5.41, 5.74) is 0.479. The van der Waals surface area contributed by atoms with E-state index in [1.165, 1.54) is 12.2 Å². The number of rotatable bonds is 4. The third-order valence-electron chi connectivity index (χ3n) is 2.85. The summed E-state index contributed by atoms with van der Waals surface area (Å²) in [6.45, 7) is 0. The van der Waals surface area contributed by atoms with E-state index in [1.807, 2.05) is 0 Å². The maximum atomic E-state index is 12.0. The Morgan fingerprint density at radius 3 is 2.38 bits per heavy atom. The molecule has 2 rings (SSSR count). The van der Waals surface area contributed by atoms with Crippen LogP contribution < -0.4 is 4.74 Å². The molecule has 0 aliphatic rings. The van der Waals surface area contributed by atoms with Crippen molar-refractivity contribution in [1.82, 2.24) is 0 Å². The van der Waals surface area contributed by atoms with Gasteiger partial charge in [0.25, 0.3) is 0 Å². The number of ether oxygens (including phenoxy) is 1. The lowest BCUT2D eigenvalue weighted by molar-refractivity contribution is 0.104. The van der Waals surface area contributed by atoms with Gasteiger partial charge in [-0.05, 0) is 23.8 Å². The van der Waals surface area contributed by atoms with Crippen LogP contribution in [0.4, 0.5) is 0 Å². The third kappa shape index (κ3) is 3.33. The van der Waals surface area contributed by atoms with Gasteiger partial charge in [0.1, 0.15) is 28.6 Å². The first-order chi connectivity index (χ1) is 10.0. The highest BCUT2D eigenvalue weighted by Crippen LogP contribution is 2.32. The zero-order chi connectivity index (χ0) is 15.4. The molecule has 21 heavy (non-hydrogen) atoms. The molecule has 2 aromatic rings. The maximum Gasteiger partial charge on any atom is 0.193 e. The van der Waals surface area contributed by atoms with Crippen LogP contribution in [0.2, 0.25) is 0 Å². The van der Waals surface area contributed by atoms with Gasteiger partial charge in [0.15, 0.2) is 5.78 Å². The summed E-state index contributed by atoms with van der Waals surface area (Å²) >= 11 is 0. The van der Waals surface area contributed by atoms with Gasteiger partial charge >= 0.3 is 0 Å². The average Bonchev–Trinajstić information content (AvgIpc) is 2.44. The van der Waals surface area contributed by atoms with E-state index >= 15 is 0 Å². The number of ketones is 1. The molecule has 0 amide bonds. The fourth-order valence-corrected chi connectivity index (χ4v) is 1.85. The van der Waals surface area contributed by atoms with Crippen LogP contribution in [0, 0.1) is 0 Å². The van der Waals surface area contributed by atoms with Crippen LogP contribution in [-0.2, 0) is 0 Å². The van der Waals surface area contributed by atoms with Gasteiger partial charge in [0, 0.05) is 12.1 Å². The van der Waals surface area contributed by atoms with Crippen molar-refractivity contribution < 1.29 is 24.9 Å². The summed E-state index contributed by atoms with van der Waals surface area (Å²) in [5.74, 6) is -1.20. The zero-order valence-electron chi connectivity index (χ0n) is 11.3. The van der Waals surface area contributed by atoms with Gasteiger partial charge in [-0.2, -0.15) is 0 Å². The number of methoxy groups -OCH3 is 1. The smallest absolute Gasteiger partial charge is 0.193 e. The molecule has 0 aliphatic heterocycles. The Kier molecular flexibility index (Phi) is 4.13. The van der Waals surface area contributed by atoms with Gasteiger partial charge in [-0.3, -0.25) is 4.79 Å². The summed E-state index contributed by atoms with van der Waals surface area (Å²) < 4.78 is 5.07. The predicted molar refractivity (Wildman–Crippen MR) is 77.8 cm³/mol. The summed E-state index contributed by atoms with van der Waals surface area (Å²) in [6, 6.07) is 9.05. The van der Waals surface area contributed by atoms with E-state index < -0.39 is 17.3 Å². The molecule has 0 spiro atoms. The molecule has 0 aliphatic carbocycles. The fraction of sp³-hybridized carbons (Fsp3) is 0.0625. The first-order valence-corrected chi connectivity index (χ1v) is 6.12. The van der Waals surface area contributed by atoms with Crippen molar-refractivity contribution in [2.24, 2.45) is 0 Å². The second-order valence-corrected chi connectivity index (χ2v) is 4.33. The molecule has 0 heterocycles. The summed E-state index contributed by atoms with van der Waals surface area (Å²) in [7, 11) is 1.54. The molecule has 0 saturated heterocycles. The lowest BCUT2D eigenvalue weighted by atomic mass is 10.1. The number of carbonyl (C=O) groups excluding carboxylic acids is 1. The molecule has 0 radical (unpaired) electrons. The number of hydrogen-bond acceptors (Lipinski definition) is 5. The van der Waals surface area contributed by atoms with E-state index in [9.17, 15) is 20.1 Å². The minimum Gasteiger partial charge on any atom is -0.508 e. The molecule has 5 nitrogen and oxygen atoms in total. The molecule has 2 aromatic carbocycles. The van der Waals surface area contributed by atoms with Crippen LogP contribution in [0.1, 0.15) is 15.9 Å². The van der Waals surface area contributed by atoms with Crippen molar-refractivity contribution in [3.05, 3.63) is 53.6 Å². The van der Waals surface area contributed by atoms with Crippen LogP contribution >= 0.6 is 0 Å². The first kappa shape index (κ1) is 14.5. The Balaban J connectivity index is 2.27.